The zero-order chi connectivity index (χ0) is 13.0. The molecule has 0 atom stereocenters. The van der Waals surface area contributed by atoms with Gasteiger partial charge in [-0.15, -0.1) is 11.8 Å². The highest BCUT2D eigenvalue weighted by molar-refractivity contribution is 7.98. The van der Waals surface area contributed by atoms with Gasteiger partial charge in [-0.3, -0.25) is 0 Å². The Labute approximate surface area is 111 Å². The summed E-state index contributed by atoms with van der Waals surface area (Å²) in [6, 6.07) is 5.86. The fourth-order valence-electron chi connectivity index (χ4n) is 2.10. The standard InChI is InChI=1S/C13H17NO3S/c1-18-11-4-2-3-10(12(11)13(15)16)14-9-5-7-17-8-6-9/h2-4,9,14H,5-8H2,1H3,(H,15,16). The predicted molar refractivity (Wildman–Crippen MR) is 72.6 cm³/mol. The van der Waals surface area contributed by atoms with Crippen LogP contribution in [0.15, 0.2) is 23.1 Å². The van der Waals surface area contributed by atoms with Crippen LogP contribution in [-0.2, 0) is 4.74 Å². The molecule has 0 saturated carbocycles. The molecule has 1 aliphatic heterocycles. The van der Waals surface area contributed by atoms with E-state index in [4.69, 9.17) is 4.74 Å². The molecule has 2 N–H and O–H groups in total. The minimum Gasteiger partial charge on any atom is -0.478 e. The molecule has 0 radical (unpaired) electrons. The van der Waals surface area contributed by atoms with Crippen LogP contribution in [0.2, 0.25) is 0 Å². The molecule has 1 aliphatic rings. The fraction of sp³-hybridized carbons (Fsp3) is 0.462. The largest absolute Gasteiger partial charge is 0.478 e. The number of benzene rings is 1. The third-order valence-corrected chi connectivity index (χ3v) is 3.82. The van der Waals surface area contributed by atoms with Gasteiger partial charge in [0.1, 0.15) is 0 Å². The van der Waals surface area contributed by atoms with Crippen molar-refractivity contribution in [1.29, 1.82) is 0 Å². The van der Waals surface area contributed by atoms with Crippen LogP contribution in [0, 0.1) is 0 Å². The Hall–Kier alpha value is -1.20. The first kappa shape index (κ1) is 13.2. The molecular formula is C13H17NO3S. The van der Waals surface area contributed by atoms with E-state index in [0.29, 0.717) is 17.3 Å². The smallest absolute Gasteiger partial charge is 0.338 e. The van der Waals surface area contributed by atoms with Crippen LogP contribution < -0.4 is 5.32 Å². The summed E-state index contributed by atoms with van der Waals surface area (Å²) in [6.45, 7) is 1.48. The molecule has 2 rings (SSSR count). The first-order valence-corrected chi connectivity index (χ1v) is 7.19. The lowest BCUT2D eigenvalue weighted by Gasteiger charge is -2.25. The normalized spacial score (nSPS) is 16.5. The van der Waals surface area contributed by atoms with Crippen LogP contribution in [0.4, 0.5) is 5.69 Å². The second-order valence-corrected chi connectivity index (χ2v) is 5.07. The summed E-state index contributed by atoms with van der Waals surface area (Å²) in [4.78, 5) is 12.2. The van der Waals surface area contributed by atoms with Crippen molar-refractivity contribution in [3.8, 4) is 0 Å². The third-order valence-electron chi connectivity index (χ3n) is 3.04. The molecule has 0 unspecified atom stereocenters. The number of carboxylic acid groups (broad SMARTS) is 1. The Kier molecular flexibility index (Phi) is 4.49. The summed E-state index contributed by atoms with van der Waals surface area (Å²) in [6.07, 6.45) is 3.73. The van der Waals surface area contributed by atoms with E-state index in [9.17, 15) is 9.90 Å². The number of carboxylic acids is 1. The van der Waals surface area contributed by atoms with Crippen molar-refractivity contribution < 1.29 is 14.6 Å². The van der Waals surface area contributed by atoms with Gasteiger partial charge < -0.3 is 15.2 Å². The Bertz CT molecular complexity index is 430. The Morgan fingerprint density at radius 3 is 2.78 bits per heavy atom. The zero-order valence-corrected chi connectivity index (χ0v) is 11.1. The fourth-order valence-corrected chi connectivity index (χ4v) is 2.72. The molecule has 4 nitrogen and oxygen atoms in total. The van der Waals surface area contributed by atoms with Crippen molar-refractivity contribution in [3.05, 3.63) is 23.8 Å². The van der Waals surface area contributed by atoms with Gasteiger partial charge in [-0.1, -0.05) is 6.07 Å². The van der Waals surface area contributed by atoms with Crippen LogP contribution in [0.5, 0.6) is 0 Å². The van der Waals surface area contributed by atoms with Gasteiger partial charge in [0.15, 0.2) is 0 Å². The van der Waals surface area contributed by atoms with Gasteiger partial charge in [0, 0.05) is 24.2 Å². The Balaban J connectivity index is 2.23. The minimum absolute atomic E-state index is 0.300. The van der Waals surface area contributed by atoms with Gasteiger partial charge in [-0.2, -0.15) is 0 Å². The average molecular weight is 267 g/mol. The highest BCUT2D eigenvalue weighted by atomic mass is 32.2. The van der Waals surface area contributed by atoms with E-state index in [-0.39, 0.29) is 0 Å². The number of anilines is 1. The molecular weight excluding hydrogens is 250 g/mol. The van der Waals surface area contributed by atoms with Crippen molar-refractivity contribution in [2.45, 2.75) is 23.8 Å². The van der Waals surface area contributed by atoms with E-state index in [1.165, 1.54) is 11.8 Å². The Morgan fingerprint density at radius 2 is 2.17 bits per heavy atom. The summed E-state index contributed by atoms with van der Waals surface area (Å²) >= 11 is 1.45. The molecule has 0 amide bonds. The molecule has 1 heterocycles. The summed E-state index contributed by atoms with van der Waals surface area (Å²) in [7, 11) is 0. The van der Waals surface area contributed by atoms with E-state index < -0.39 is 5.97 Å². The number of hydrogen-bond donors (Lipinski definition) is 2. The summed E-state index contributed by atoms with van der Waals surface area (Å²) < 4.78 is 5.30. The second kappa shape index (κ2) is 6.11. The monoisotopic (exact) mass is 267 g/mol. The number of rotatable bonds is 4. The van der Waals surface area contributed by atoms with E-state index in [0.717, 1.165) is 31.0 Å². The van der Waals surface area contributed by atoms with E-state index >= 15 is 0 Å². The lowest BCUT2D eigenvalue weighted by atomic mass is 10.1. The first-order chi connectivity index (χ1) is 8.72. The quantitative estimate of drug-likeness (QED) is 0.821. The Morgan fingerprint density at radius 1 is 1.44 bits per heavy atom. The van der Waals surface area contributed by atoms with Gasteiger partial charge in [-0.25, -0.2) is 4.79 Å². The number of ether oxygens (including phenoxy) is 1. The van der Waals surface area contributed by atoms with Crippen molar-refractivity contribution in [3.63, 3.8) is 0 Å². The van der Waals surface area contributed by atoms with Crippen molar-refractivity contribution in [2.75, 3.05) is 24.8 Å². The molecule has 0 aliphatic carbocycles. The second-order valence-electron chi connectivity index (χ2n) is 4.22. The summed E-state index contributed by atoms with van der Waals surface area (Å²) in [5, 5.41) is 12.7. The maximum absolute atomic E-state index is 11.4. The number of nitrogens with one attached hydrogen (secondary N) is 1. The maximum atomic E-state index is 11.4. The third kappa shape index (κ3) is 2.97. The van der Waals surface area contributed by atoms with Gasteiger partial charge in [0.05, 0.1) is 11.3 Å². The summed E-state index contributed by atoms with van der Waals surface area (Å²) in [5.74, 6) is -0.880. The number of thioether (sulfide) groups is 1. The van der Waals surface area contributed by atoms with Crippen LogP contribution in [0.1, 0.15) is 23.2 Å². The number of carbonyl (C=O) groups is 1. The number of hydrogen-bond acceptors (Lipinski definition) is 4. The number of aromatic carboxylic acids is 1. The van der Waals surface area contributed by atoms with Crippen molar-refractivity contribution in [2.24, 2.45) is 0 Å². The molecule has 5 heteroatoms. The van der Waals surface area contributed by atoms with Crippen molar-refractivity contribution >= 4 is 23.4 Å². The SMILES string of the molecule is CSc1cccc(NC2CCOCC2)c1C(=O)O. The van der Waals surface area contributed by atoms with Crippen LogP contribution in [0.3, 0.4) is 0 Å². The zero-order valence-electron chi connectivity index (χ0n) is 10.3. The van der Waals surface area contributed by atoms with Gasteiger partial charge in [-0.05, 0) is 31.2 Å². The van der Waals surface area contributed by atoms with Gasteiger partial charge >= 0.3 is 5.97 Å². The molecule has 0 bridgehead atoms. The van der Waals surface area contributed by atoms with Crippen LogP contribution in [0.25, 0.3) is 0 Å². The molecule has 1 fully saturated rings. The highest BCUT2D eigenvalue weighted by Crippen LogP contribution is 2.28. The molecule has 0 aromatic heterocycles. The highest BCUT2D eigenvalue weighted by Gasteiger charge is 2.19. The van der Waals surface area contributed by atoms with Crippen LogP contribution >= 0.6 is 11.8 Å². The molecule has 0 spiro atoms. The lowest BCUT2D eigenvalue weighted by Crippen LogP contribution is -2.28. The molecule has 98 valence electrons. The average Bonchev–Trinajstić information content (AvgIpc) is 2.39. The first-order valence-electron chi connectivity index (χ1n) is 5.97. The van der Waals surface area contributed by atoms with Gasteiger partial charge in [0.25, 0.3) is 0 Å². The van der Waals surface area contributed by atoms with E-state index in [1.807, 2.05) is 24.5 Å². The van der Waals surface area contributed by atoms with Crippen LogP contribution in [-0.4, -0.2) is 36.6 Å². The summed E-state index contributed by atoms with van der Waals surface area (Å²) in [5.41, 5.74) is 1.08. The molecule has 18 heavy (non-hydrogen) atoms. The van der Waals surface area contributed by atoms with E-state index in [2.05, 4.69) is 5.32 Å². The van der Waals surface area contributed by atoms with E-state index in [1.54, 1.807) is 0 Å². The molecule has 1 aromatic rings. The van der Waals surface area contributed by atoms with Crippen molar-refractivity contribution in [1.82, 2.24) is 0 Å². The molecule has 1 aromatic carbocycles. The van der Waals surface area contributed by atoms with Gasteiger partial charge in [0.2, 0.25) is 0 Å². The maximum Gasteiger partial charge on any atom is 0.338 e. The lowest BCUT2D eigenvalue weighted by molar-refractivity contribution is 0.0694. The topological polar surface area (TPSA) is 58.6 Å². The molecule has 1 saturated heterocycles. The predicted octanol–water partition coefficient (Wildman–Crippen LogP) is 2.70. The minimum atomic E-state index is -0.880.